The average molecular weight is 673 g/mol. The topological polar surface area (TPSA) is 150 Å². The number of anilines is 1. The van der Waals surface area contributed by atoms with Crippen molar-refractivity contribution < 1.29 is 37.4 Å². The van der Waals surface area contributed by atoms with Gasteiger partial charge in [-0.2, -0.15) is 5.09 Å². The van der Waals surface area contributed by atoms with E-state index in [2.05, 4.69) is 20.0 Å². The van der Waals surface area contributed by atoms with E-state index in [1.54, 1.807) is 50.2 Å². The Labute approximate surface area is 273 Å². The number of aliphatic hydroxyl groups is 1. The van der Waals surface area contributed by atoms with Crippen LogP contribution in [0, 0.1) is 12.3 Å². The summed E-state index contributed by atoms with van der Waals surface area (Å²) in [6.45, 7) is 9.70. The van der Waals surface area contributed by atoms with Gasteiger partial charge in [-0.05, 0) is 37.6 Å². The molecule has 4 aromatic rings. The highest BCUT2D eigenvalue weighted by molar-refractivity contribution is 7.52. The molecule has 5 rings (SSSR count). The Morgan fingerprint density at radius 2 is 1.91 bits per heavy atom. The van der Waals surface area contributed by atoms with Crippen molar-refractivity contribution in [2.24, 2.45) is 5.41 Å². The highest BCUT2D eigenvalue weighted by atomic mass is 31.2. The van der Waals surface area contributed by atoms with Crippen LogP contribution in [-0.2, 0) is 23.4 Å². The van der Waals surface area contributed by atoms with Crippen LogP contribution < -0.4 is 14.5 Å². The van der Waals surface area contributed by atoms with Crippen LogP contribution in [0.5, 0.6) is 5.75 Å². The van der Waals surface area contributed by atoms with Crippen molar-refractivity contribution in [2.45, 2.75) is 71.7 Å². The molecule has 0 aliphatic carbocycles. The molecule has 2 aromatic heterocycles. The van der Waals surface area contributed by atoms with Gasteiger partial charge in [0, 0.05) is 19.5 Å². The van der Waals surface area contributed by atoms with E-state index in [0.717, 1.165) is 5.39 Å². The van der Waals surface area contributed by atoms with Crippen LogP contribution in [0.2, 0.25) is 0 Å². The molecule has 3 heterocycles. The molecule has 0 bridgehead atoms. The number of benzene rings is 2. The summed E-state index contributed by atoms with van der Waals surface area (Å²) in [4.78, 5) is 27.9. The SMILES string of the molecule is Cc1nc(N(C)C)c2ncn([C@@H]3O[C@H](CO[P@](=O)(N[C@@H](C)C(=O)OCC(C)(C)C)Oc4cccc5ccccc45)[C@@H](O)[C@@]3(C)F)c2n1. The maximum Gasteiger partial charge on any atom is 0.459 e. The quantitative estimate of drug-likeness (QED) is 0.161. The molecule has 13 nitrogen and oxygen atoms in total. The molecule has 1 aliphatic rings. The fraction of sp³-hybridized carbons (Fsp3) is 0.500. The molecule has 0 unspecified atom stereocenters. The van der Waals surface area contributed by atoms with E-state index in [9.17, 15) is 14.5 Å². The van der Waals surface area contributed by atoms with Gasteiger partial charge < -0.3 is 24.0 Å². The number of rotatable bonds is 11. The smallest absolute Gasteiger partial charge is 0.459 e. The summed E-state index contributed by atoms with van der Waals surface area (Å²) in [5.74, 6) is 0.541. The largest absolute Gasteiger partial charge is 0.464 e. The molecule has 0 saturated carbocycles. The van der Waals surface area contributed by atoms with Crippen molar-refractivity contribution in [3.63, 3.8) is 0 Å². The number of fused-ring (bicyclic) bond motifs is 2. The van der Waals surface area contributed by atoms with Gasteiger partial charge in [-0.3, -0.25) is 13.9 Å². The van der Waals surface area contributed by atoms with E-state index in [1.165, 1.54) is 24.7 Å². The fourth-order valence-electron chi connectivity index (χ4n) is 5.21. The van der Waals surface area contributed by atoms with Crippen molar-refractivity contribution in [3.05, 3.63) is 54.6 Å². The molecular weight excluding hydrogens is 630 g/mol. The number of nitrogens with one attached hydrogen (secondary N) is 1. The summed E-state index contributed by atoms with van der Waals surface area (Å²) in [5, 5.41) is 15.3. The molecule has 2 aromatic carbocycles. The third kappa shape index (κ3) is 7.42. The Morgan fingerprint density at radius 3 is 2.62 bits per heavy atom. The second kappa shape index (κ2) is 13.1. The zero-order valence-corrected chi connectivity index (χ0v) is 28.7. The van der Waals surface area contributed by atoms with Gasteiger partial charge in [0.2, 0.25) is 0 Å². The minimum atomic E-state index is -4.39. The minimum absolute atomic E-state index is 0.134. The van der Waals surface area contributed by atoms with Crippen LogP contribution in [0.25, 0.3) is 21.9 Å². The first-order valence-electron chi connectivity index (χ1n) is 15.3. The van der Waals surface area contributed by atoms with Crippen LogP contribution in [0.1, 0.15) is 46.7 Å². The van der Waals surface area contributed by atoms with Crippen molar-refractivity contribution in [1.29, 1.82) is 0 Å². The summed E-state index contributed by atoms with van der Waals surface area (Å²) >= 11 is 0. The molecule has 254 valence electrons. The minimum Gasteiger partial charge on any atom is -0.464 e. The lowest BCUT2D eigenvalue weighted by Gasteiger charge is -2.26. The average Bonchev–Trinajstić information content (AvgIpc) is 3.51. The van der Waals surface area contributed by atoms with Gasteiger partial charge in [0.15, 0.2) is 28.9 Å². The number of carbonyl (C=O) groups excluding carboxylic acids is 1. The van der Waals surface area contributed by atoms with Gasteiger partial charge in [0.1, 0.15) is 29.8 Å². The summed E-state index contributed by atoms with van der Waals surface area (Å²) in [6.07, 6.45) is -2.98. The van der Waals surface area contributed by atoms with Gasteiger partial charge in [0.05, 0.1) is 19.5 Å². The zero-order valence-electron chi connectivity index (χ0n) is 27.8. The number of esters is 1. The van der Waals surface area contributed by atoms with E-state index in [-0.39, 0.29) is 17.8 Å². The fourth-order valence-corrected chi connectivity index (χ4v) is 6.73. The summed E-state index contributed by atoms with van der Waals surface area (Å²) < 4.78 is 55.3. The third-order valence-electron chi connectivity index (χ3n) is 7.64. The molecule has 6 atom stereocenters. The second-order valence-electron chi connectivity index (χ2n) is 13.3. The van der Waals surface area contributed by atoms with Crippen molar-refractivity contribution in [1.82, 2.24) is 24.6 Å². The third-order valence-corrected chi connectivity index (χ3v) is 9.27. The normalized spacial score (nSPS) is 23.5. The van der Waals surface area contributed by atoms with Crippen molar-refractivity contribution >= 4 is 41.5 Å². The van der Waals surface area contributed by atoms with Gasteiger partial charge >= 0.3 is 13.7 Å². The standard InChI is InChI=1S/C32H42FN6O7P/c1-19(29(41)43-17-31(3,4)5)37-47(42,46-23-15-11-13-21-12-9-10-14-22(21)23)44-16-24-26(40)32(6,33)30(45-24)39-18-34-25-27(38(7)8)35-20(2)36-28(25)39/h9-15,18-19,24,26,30,40H,16-17H2,1-8H3,(H,37,42)/t19-,24+,26+,30+,32+,47+/m0/s1. The number of ether oxygens (including phenoxy) is 2. The Bertz CT molecular complexity index is 1800. The lowest BCUT2D eigenvalue weighted by molar-refractivity contribution is -0.148. The molecule has 15 heteroatoms. The van der Waals surface area contributed by atoms with Crippen LogP contribution >= 0.6 is 7.75 Å². The number of imidazole rings is 1. The maximum absolute atomic E-state index is 16.3. The van der Waals surface area contributed by atoms with Crippen LogP contribution in [0.15, 0.2) is 48.8 Å². The van der Waals surface area contributed by atoms with Crippen LogP contribution in [0.3, 0.4) is 0 Å². The van der Waals surface area contributed by atoms with Gasteiger partial charge in [-0.25, -0.2) is 23.9 Å². The molecule has 1 saturated heterocycles. The van der Waals surface area contributed by atoms with E-state index in [0.29, 0.717) is 28.2 Å². The Morgan fingerprint density at radius 1 is 1.21 bits per heavy atom. The number of aryl methyl sites for hydroxylation is 1. The number of hydrogen-bond donors (Lipinski definition) is 2. The molecule has 1 aliphatic heterocycles. The van der Waals surface area contributed by atoms with Crippen molar-refractivity contribution in [2.75, 3.05) is 32.2 Å². The second-order valence-corrected chi connectivity index (χ2v) is 15.0. The molecule has 1 fully saturated rings. The number of nitrogens with zero attached hydrogens (tertiary/aromatic N) is 5. The molecular formula is C32H42FN6O7P. The van der Waals surface area contributed by atoms with Gasteiger partial charge in [0.25, 0.3) is 0 Å². The monoisotopic (exact) mass is 672 g/mol. The van der Waals surface area contributed by atoms with Crippen LogP contribution in [0.4, 0.5) is 10.2 Å². The first kappa shape index (κ1) is 34.6. The summed E-state index contributed by atoms with van der Waals surface area (Å²) in [7, 11) is -0.781. The number of aromatic nitrogens is 4. The summed E-state index contributed by atoms with van der Waals surface area (Å²) in [5.41, 5.74) is -1.88. The molecule has 2 N–H and O–H groups in total. The molecule has 0 spiro atoms. The number of alkyl halides is 1. The first-order chi connectivity index (χ1) is 22.0. The predicted molar refractivity (Wildman–Crippen MR) is 175 cm³/mol. The maximum atomic E-state index is 16.3. The number of hydrogen-bond acceptors (Lipinski definition) is 11. The van der Waals surface area contributed by atoms with Gasteiger partial charge in [-0.15, -0.1) is 0 Å². The Hall–Kier alpha value is -3.68. The summed E-state index contributed by atoms with van der Waals surface area (Å²) in [6, 6.07) is 11.4. The lowest BCUT2D eigenvalue weighted by Crippen LogP contribution is -2.41. The van der Waals surface area contributed by atoms with E-state index >= 15 is 4.39 Å². The Balaban J connectivity index is 1.41. The highest BCUT2D eigenvalue weighted by Gasteiger charge is 2.56. The van der Waals surface area contributed by atoms with Crippen molar-refractivity contribution in [3.8, 4) is 5.75 Å². The van der Waals surface area contributed by atoms with E-state index in [4.69, 9.17) is 18.5 Å². The highest BCUT2D eigenvalue weighted by Crippen LogP contribution is 2.49. The van der Waals surface area contributed by atoms with Gasteiger partial charge in [-0.1, -0.05) is 57.2 Å². The van der Waals surface area contributed by atoms with E-state index < -0.39 is 50.5 Å². The number of carbonyl (C=O) groups is 1. The lowest BCUT2D eigenvalue weighted by atomic mass is 9.98. The predicted octanol–water partition coefficient (Wildman–Crippen LogP) is 5.11. The Kier molecular flexibility index (Phi) is 9.64. The molecule has 0 amide bonds. The zero-order chi connectivity index (χ0) is 34.3. The first-order valence-corrected chi connectivity index (χ1v) is 16.8. The van der Waals surface area contributed by atoms with Crippen LogP contribution in [-0.4, -0.2) is 81.8 Å². The molecule has 0 radical (unpaired) electrons. The molecule has 47 heavy (non-hydrogen) atoms. The van der Waals surface area contributed by atoms with E-state index in [1.807, 2.05) is 39.0 Å². The number of aliphatic hydroxyl groups excluding tert-OH is 1. The number of halogens is 1.